The Balaban J connectivity index is 1.32. The van der Waals surface area contributed by atoms with Gasteiger partial charge in [-0.2, -0.15) is 5.10 Å². The highest BCUT2D eigenvalue weighted by molar-refractivity contribution is 7.89. The van der Waals surface area contributed by atoms with Crippen LogP contribution in [0, 0.1) is 6.92 Å². The minimum Gasteiger partial charge on any atom is -0.353 e. The lowest BCUT2D eigenvalue weighted by atomic mass is 9.87. The molecule has 4 rings (SSSR count). The third-order valence-electron chi connectivity index (χ3n) is 6.21. The number of piperidine rings is 1. The third-order valence-corrected chi connectivity index (χ3v) is 7.68. The molecule has 3 aromatic rings. The summed E-state index contributed by atoms with van der Waals surface area (Å²) in [4.78, 5) is 30.3. The van der Waals surface area contributed by atoms with Gasteiger partial charge in [-0.3, -0.25) is 19.3 Å². The zero-order valence-electron chi connectivity index (χ0n) is 20.6. The van der Waals surface area contributed by atoms with Crippen LogP contribution in [0.15, 0.2) is 66.0 Å². The van der Waals surface area contributed by atoms with Crippen molar-refractivity contribution < 1.29 is 18.0 Å². The maximum atomic E-state index is 13.2. The Bertz CT molecular complexity index is 1320. The lowest BCUT2D eigenvalue weighted by molar-refractivity contribution is -0.135. The maximum Gasteiger partial charge on any atom is 0.245 e. The van der Waals surface area contributed by atoms with E-state index in [1.54, 1.807) is 36.8 Å². The standard InChI is InChI=1S/C25H31N7O4S/c1-19-4-6-21(7-5-19)37(35,36)29-15-14-28-24(34)25(9-12-26-13-10-25)30-23(33)18-32-16-8-22(31-32)20-3-2-11-27-17-20/h2-8,11,16-17,26,29H,9-10,12-15,18H2,1H3,(H,28,34)(H,30,33). The van der Waals surface area contributed by atoms with Crippen molar-refractivity contribution in [3.05, 3.63) is 66.6 Å². The van der Waals surface area contributed by atoms with Crippen molar-refractivity contribution in [1.29, 1.82) is 0 Å². The Morgan fingerprint density at radius 3 is 2.54 bits per heavy atom. The minimum atomic E-state index is -3.68. The van der Waals surface area contributed by atoms with Crippen LogP contribution in [-0.2, 0) is 26.2 Å². The second-order valence-electron chi connectivity index (χ2n) is 8.99. The highest BCUT2D eigenvalue weighted by atomic mass is 32.2. The third kappa shape index (κ3) is 6.79. The van der Waals surface area contributed by atoms with Gasteiger partial charge >= 0.3 is 0 Å². The van der Waals surface area contributed by atoms with Crippen LogP contribution >= 0.6 is 0 Å². The van der Waals surface area contributed by atoms with Gasteiger partial charge in [0.05, 0.1) is 10.6 Å². The molecule has 4 N–H and O–H groups in total. The van der Waals surface area contributed by atoms with Gasteiger partial charge < -0.3 is 16.0 Å². The van der Waals surface area contributed by atoms with Crippen molar-refractivity contribution in [3.63, 3.8) is 0 Å². The van der Waals surface area contributed by atoms with Crippen LogP contribution < -0.4 is 20.7 Å². The van der Waals surface area contributed by atoms with Crippen LogP contribution in [0.25, 0.3) is 11.3 Å². The Morgan fingerprint density at radius 1 is 1.08 bits per heavy atom. The first kappa shape index (κ1) is 26.5. The van der Waals surface area contributed by atoms with Crippen molar-refractivity contribution in [2.45, 2.75) is 36.7 Å². The summed E-state index contributed by atoms with van der Waals surface area (Å²) in [6.07, 6.45) is 5.91. The normalized spacial score (nSPS) is 15.2. The Morgan fingerprint density at radius 2 is 1.84 bits per heavy atom. The van der Waals surface area contributed by atoms with E-state index >= 15 is 0 Å². The molecule has 0 bridgehead atoms. The molecule has 0 unspecified atom stereocenters. The molecule has 0 spiro atoms. The molecule has 0 radical (unpaired) electrons. The minimum absolute atomic E-state index is 0.0225. The van der Waals surface area contributed by atoms with Crippen LogP contribution in [0.2, 0.25) is 0 Å². The van der Waals surface area contributed by atoms with Gasteiger partial charge in [0.15, 0.2) is 0 Å². The van der Waals surface area contributed by atoms with Crippen molar-refractivity contribution in [3.8, 4) is 11.3 Å². The lowest BCUT2D eigenvalue weighted by Crippen LogP contribution is -2.63. The van der Waals surface area contributed by atoms with Gasteiger partial charge in [-0.25, -0.2) is 13.1 Å². The second-order valence-corrected chi connectivity index (χ2v) is 10.8. The number of aromatic nitrogens is 3. The summed E-state index contributed by atoms with van der Waals surface area (Å²) < 4.78 is 28.9. The fourth-order valence-electron chi connectivity index (χ4n) is 4.17. The number of hydrogen-bond acceptors (Lipinski definition) is 7. The molecule has 2 aromatic heterocycles. The first-order chi connectivity index (χ1) is 17.8. The summed E-state index contributed by atoms with van der Waals surface area (Å²) in [5, 5.41) is 13.3. The van der Waals surface area contributed by atoms with Crippen LogP contribution in [0.4, 0.5) is 0 Å². The number of aryl methyl sites for hydroxylation is 1. The first-order valence-electron chi connectivity index (χ1n) is 12.1. The number of hydrogen-bond donors (Lipinski definition) is 4. The van der Waals surface area contributed by atoms with E-state index < -0.39 is 15.6 Å². The predicted molar refractivity (Wildman–Crippen MR) is 138 cm³/mol. The molecule has 196 valence electrons. The molecule has 1 saturated heterocycles. The van der Waals surface area contributed by atoms with Crippen molar-refractivity contribution in [2.75, 3.05) is 26.2 Å². The molecule has 3 heterocycles. The van der Waals surface area contributed by atoms with E-state index in [4.69, 9.17) is 0 Å². The summed E-state index contributed by atoms with van der Waals surface area (Å²) in [6.45, 7) is 3.08. The molecule has 1 aliphatic rings. The van der Waals surface area contributed by atoms with E-state index in [0.29, 0.717) is 31.6 Å². The molecular weight excluding hydrogens is 494 g/mol. The number of pyridine rings is 1. The van der Waals surface area contributed by atoms with Crippen molar-refractivity contribution >= 4 is 21.8 Å². The van der Waals surface area contributed by atoms with Gasteiger partial charge in [-0.1, -0.05) is 17.7 Å². The monoisotopic (exact) mass is 525 g/mol. The van der Waals surface area contributed by atoms with E-state index in [-0.39, 0.29) is 36.3 Å². The van der Waals surface area contributed by atoms with E-state index in [9.17, 15) is 18.0 Å². The van der Waals surface area contributed by atoms with Gasteiger partial charge in [-0.15, -0.1) is 0 Å². The second kappa shape index (κ2) is 11.6. The first-order valence-corrected chi connectivity index (χ1v) is 13.6. The molecule has 1 fully saturated rings. The average Bonchev–Trinajstić information content (AvgIpc) is 3.36. The number of carbonyl (C=O) groups is 2. The van der Waals surface area contributed by atoms with Gasteiger partial charge in [0.2, 0.25) is 21.8 Å². The topological polar surface area (TPSA) is 147 Å². The largest absolute Gasteiger partial charge is 0.353 e. The van der Waals surface area contributed by atoms with Gasteiger partial charge in [0.1, 0.15) is 12.1 Å². The van der Waals surface area contributed by atoms with Gasteiger partial charge in [0, 0.05) is 37.2 Å². The summed E-state index contributed by atoms with van der Waals surface area (Å²) in [5.74, 6) is -0.675. The smallest absolute Gasteiger partial charge is 0.245 e. The maximum absolute atomic E-state index is 13.2. The molecular formula is C25H31N7O4S. The van der Waals surface area contributed by atoms with E-state index in [0.717, 1.165) is 11.1 Å². The summed E-state index contributed by atoms with van der Waals surface area (Å²) in [6, 6.07) is 12.0. The van der Waals surface area contributed by atoms with Crippen molar-refractivity contribution in [2.24, 2.45) is 0 Å². The number of benzene rings is 1. The average molecular weight is 526 g/mol. The van der Waals surface area contributed by atoms with E-state index in [2.05, 4.69) is 30.8 Å². The number of nitrogens with one attached hydrogen (secondary N) is 4. The Labute approximate surface area is 216 Å². The Kier molecular flexibility index (Phi) is 8.31. The van der Waals surface area contributed by atoms with Gasteiger partial charge in [-0.05, 0) is 63.2 Å². The predicted octanol–water partition coefficient (Wildman–Crippen LogP) is 0.587. The molecule has 1 aliphatic heterocycles. The zero-order valence-corrected chi connectivity index (χ0v) is 21.4. The van der Waals surface area contributed by atoms with E-state index in [1.807, 2.05) is 19.1 Å². The molecule has 2 amide bonds. The summed E-state index contributed by atoms with van der Waals surface area (Å²) in [7, 11) is -3.68. The molecule has 0 atom stereocenters. The van der Waals surface area contributed by atoms with Crippen LogP contribution in [0.5, 0.6) is 0 Å². The fraction of sp³-hybridized carbons (Fsp3) is 0.360. The number of nitrogens with zero attached hydrogens (tertiary/aromatic N) is 3. The quantitative estimate of drug-likeness (QED) is 0.283. The number of sulfonamides is 1. The highest BCUT2D eigenvalue weighted by Gasteiger charge is 2.40. The Hall–Kier alpha value is -3.61. The van der Waals surface area contributed by atoms with Crippen LogP contribution in [-0.4, -0.2) is 66.7 Å². The number of rotatable bonds is 10. The number of carbonyl (C=O) groups excluding carboxylic acids is 2. The molecule has 12 heteroatoms. The van der Waals surface area contributed by atoms with Gasteiger partial charge in [0.25, 0.3) is 0 Å². The summed E-state index contributed by atoms with van der Waals surface area (Å²) in [5.41, 5.74) is 1.41. The molecule has 0 saturated carbocycles. The van der Waals surface area contributed by atoms with E-state index in [1.165, 1.54) is 16.8 Å². The fourth-order valence-corrected chi connectivity index (χ4v) is 5.20. The highest BCUT2D eigenvalue weighted by Crippen LogP contribution is 2.19. The van der Waals surface area contributed by atoms with Crippen molar-refractivity contribution in [1.82, 2.24) is 35.4 Å². The molecule has 0 aliphatic carbocycles. The summed E-state index contributed by atoms with van der Waals surface area (Å²) >= 11 is 0. The molecule has 1 aromatic carbocycles. The van der Waals surface area contributed by atoms with Crippen LogP contribution in [0.3, 0.4) is 0 Å². The van der Waals surface area contributed by atoms with Crippen LogP contribution in [0.1, 0.15) is 18.4 Å². The lowest BCUT2D eigenvalue weighted by Gasteiger charge is -2.37. The SMILES string of the molecule is Cc1ccc(S(=O)(=O)NCCNC(=O)C2(NC(=O)Cn3ccc(-c4cccnc4)n3)CCNCC2)cc1. The number of amides is 2. The molecule has 11 nitrogen and oxygen atoms in total. The molecule has 37 heavy (non-hydrogen) atoms. The zero-order chi connectivity index (χ0) is 26.3.